The van der Waals surface area contributed by atoms with Crippen LogP contribution in [0.15, 0.2) is 6.20 Å². The number of aryl methyl sites for hydroxylation is 2. The van der Waals surface area contributed by atoms with Crippen LogP contribution < -0.4 is 5.32 Å². The van der Waals surface area contributed by atoms with Crippen LogP contribution in [0.5, 0.6) is 0 Å². The SMILES string of the molecule is Cc1cnc(C)c(NC2(CCl)CCCC(C)C2)n1. The summed E-state index contributed by atoms with van der Waals surface area (Å²) in [5.41, 5.74) is 1.88. The van der Waals surface area contributed by atoms with Gasteiger partial charge in [-0.2, -0.15) is 0 Å². The number of aromatic nitrogens is 2. The summed E-state index contributed by atoms with van der Waals surface area (Å²) in [7, 11) is 0. The van der Waals surface area contributed by atoms with Crippen LogP contribution in [0.3, 0.4) is 0 Å². The molecule has 1 fully saturated rings. The first-order chi connectivity index (χ1) is 8.54. The van der Waals surface area contributed by atoms with E-state index in [1.54, 1.807) is 6.20 Å². The maximum Gasteiger partial charge on any atom is 0.148 e. The molecular weight excluding hydrogens is 246 g/mol. The average Bonchev–Trinajstić information content (AvgIpc) is 2.34. The lowest BCUT2D eigenvalue weighted by Gasteiger charge is -2.40. The van der Waals surface area contributed by atoms with Crippen LogP contribution in [0.4, 0.5) is 5.82 Å². The van der Waals surface area contributed by atoms with Crippen LogP contribution in [-0.2, 0) is 0 Å². The Bertz CT molecular complexity index is 422. The molecule has 1 aliphatic carbocycles. The van der Waals surface area contributed by atoms with Gasteiger partial charge in [0.15, 0.2) is 0 Å². The average molecular weight is 268 g/mol. The molecule has 0 aliphatic heterocycles. The molecule has 1 N–H and O–H groups in total. The van der Waals surface area contributed by atoms with Gasteiger partial charge in [0.25, 0.3) is 0 Å². The Morgan fingerprint density at radius 1 is 1.50 bits per heavy atom. The lowest BCUT2D eigenvalue weighted by atomic mass is 9.77. The van der Waals surface area contributed by atoms with E-state index in [9.17, 15) is 0 Å². The predicted molar refractivity (Wildman–Crippen MR) is 76.2 cm³/mol. The van der Waals surface area contributed by atoms with Crippen molar-refractivity contribution in [2.75, 3.05) is 11.2 Å². The van der Waals surface area contributed by atoms with Crippen LogP contribution in [0.25, 0.3) is 0 Å². The Hall–Kier alpha value is -0.830. The number of nitrogens with zero attached hydrogens (tertiary/aromatic N) is 2. The van der Waals surface area contributed by atoms with Gasteiger partial charge in [-0.1, -0.05) is 19.8 Å². The third-order valence-corrected chi connectivity index (χ3v) is 4.32. The standard InChI is InChI=1S/C14H22ClN3/c1-10-5-4-6-14(7-10,9-15)18-13-12(3)16-8-11(2)17-13/h8,10H,4-7,9H2,1-3H3,(H,17,18). The van der Waals surface area contributed by atoms with Crippen molar-refractivity contribution in [3.8, 4) is 0 Å². The third kappa shape index (κ3) is 2.94. The molecule has 1 aliphatic rings. The van der Waals surface area contributed by atoms with Gasteiger partial charge in [0.05, 0.1) is 16.9 Å². The molecule has 2 rings (SSSR count). The predicted octanol–water partition coefficient (Wildman–Crippen LogP) is 3.69. The van der Waals surface area contributed by atoms with Crippen LogP contribution in [-0.4, -0.2) is 21.4 Å². The van der Waals surface area contributed by atoms with E-state index in [4.69, 9.17) is 11.6 Å². The second-order valence-corrected chi connectivity index (χ2v) is 5.95. The summed E-state index contributed by atoms with van der Waals surface area (Å²) in [6.45, 7) is 6.26. The highest BCUT2D eigenvalue weighted by Gasteiger charge is 2.34. The number of anilines is 1. The van der Waals surface area contributed by atoms with E-state index in [0.29, 0.717) is 5.88 Å². The largest absolute Gasteiger partial charge is 0.362 e. The number of nitrogens with one attached hydrogen (secondary N) is 1. The Morgan fingerprint density at radius 2 is 2.28 bits per heavy atom. The first kappa shape index (κ1) is 13.6. The van der Waals surface area contributed by atoms with Crippen molar-refractivity contribution in [1.82, 2.24) is 9.97 Å². The Morgan fingerprint density at radius 3 is 2.94 bits per heavy atom. The van der Waals surface area contributed by atoms with Gasteiger partial charge >= 0.3 is 0 Å². The molecule has 1 saturated carbocycles. The first-order valence-electron chi connectivity index (χ1n) is 6.69. The van der Waals surface area contributed by atoms with Gasteiger partial charge in [0.2, 0.25) is 0 Å². The molecule has 1 aromatic heterocycles. The fraction of sp³-hybridized carbons (Fsp3) is 0.714. The van der Waals surface area contributed by atoms with Gasteiger partial charge < -0.3 is 5.32 Å². The second-order valence-electron chi connectivity index (χ2n) is 5.69. The molecule has 1 heterocycles. The van der Waals surface area contributed by atoms with E-state index in [1.807, 2.05) is 13.8 Å². The normalized spacial score (nSPS) is 28.1. The topological polar surface area (TPSA) is 37.8 Å². The molecule has 0 bridgehead atoms. The number of hydrogen-bond donors (Lipinski definition) is 1. The smallest absolute Gasteiger partial charge is 0.148 e. The molecule has 1 aromatic rings. The Balaban J connectivity index is 2.21. The number of alkyl halides is 1. The summed E-state index contributed by atoms with van der Waals surface area (Å²) in [6, 6.07) is 0. The van der Waals surface area contributed by atoms with E-state index in [1.165, 1.54) is 12.8 Å². The summed E-state index contributed by atoms with van der Waals surface area (Å²) < 4.78 is 0. The molecule has 2 atom stereocenters. The summed E-state index contributed by atoms with van der Waals surface area (Å²) in [6.07, 6.45) is 6.58. The van der Waals surface area contributed by atoms with Crippen molar-refractivity contribution in [3.63, 3.8) is 0 Å². The van der Waals surface area contributed by atoms with Crippen molar-refractivity contribution >= 4 is 17.4 Å². The summed E-state index contributed by atoms with van der Waals surface area (Å²) in [5.74, 6) is 2.25. The molecular formula is C14H22ClN3. The number of rotatable bonds is 3. The minimum absolute atomic E-state index is 0.00748. The monoisotopic (exact) mass is 267 g/mol. The quantitative estimate of drug-likeness (QED) is 0.849. The molecule has 100 valence electrons. The first-order valence-corrected chi connectivity index (χ1v) is 7.22. The Labute approximate surface area is 114 Å². The number of hydrogen-bond acceptors (Lipinski definition) is 3. The molecule has 0 amide bonds. The second kappa shape index (κ2) is 5.43. The summed E-state index contributed by atoms with van der Waals surface area (Å²) in [4.78, 5) is 8.91. The Kier molecular flexibility index (Phi) is 4.10. The van der Waals surface area contributed by atoms with Crippen molar-refractivity contribution in [2.24, 2.45) is 5.92 Å². The third-order valence-electron chi connectivity index (χ3n) is 3.81. The highest BCUT2D eigenvalue weighted by atomic mass is 35.5. The van der Waals surface area contributed by atoms with E-state index in [0.717, 1.165) is 36.0 Å². The molecule has 0 spiro atoms. The highest BCUT2D eigenvalue weighted by Crippen LogP contribution is 2.35. The molecule has 3 nitrogen and oxygen atoms in total. The molecule has 2 unspecified atom stereocenters. The van der Waals surface area contributed by atoms with Gasteiger partial charge in [-0.05, 0) is 32.6 Å². The maximum atomic E-state index is 6.23. The lowest BCUT2D eigenvalue weighted by Crippen LogP contribution is -2.44. The zero-order chi connectivity index (χ0) is 13.2. The summed E-state index contributed by atoms with van der Waals surface area (Å²) >= 11 is 6.23. The zero-order valence-electron chi connectivity index (χ0n) is 11.5. The highest BCUT2D eigenvalue weighted by molar-refractivity contribution is 6.18. The summed E-state index contributed by atoms with van der Waals surface area (Å²) in [5, 5.41) is 3.58. The van der Waals surface area contributed by atoms with Crippen LogP contribution in [0, 0.1) is 19.8 Å². The lowest BCUT2D eigenvalue weighted by molar-refractivity contribution is 0.279. The van der Waals surface area contributed by atoms with Crippen LogP contribution in [0.1, 0.15) is 44.0 Å². The fourth-order valence-electron chi connectivity index (χ4n) is 2.84. The van der Waals surface area contributed by atoms with Crippen LogP contribution in [0.2, 0.25) is 0 Å². The maximum absolute atomic E-state index is 6.23. The molecule has 0 saturated heterocycles. The fourth-order valence-corrected chi connectivity index (χ4v) is 3.15. The van der Waals surface area contributed by atoms with Crippen molar-refractivity contribution in [1.29, 1.82) is 0 Å². The van der Waals surface area contributed by atoms with Crippen molar-refractivity contribution in [2.45, 2.75) is 52.0 Å². The molecule has 0 radical (unpaired) electrons. The molecule has 18 heavy (non-hydrogen) atoms. The van der Waals surface area contributed by atoms with E-state index >= 15 is 0 Å². The van der Waals surface area contributed by atoms with Crippen molar-refractivity contribution < 1.29 is 0 Å². The van der Waals surface area contributed by atoms with Gasteiger partial charge in [-0.3, -0.25) is 4.98 Å². The minimum Gasteiger partial charge on any atom is -0.362 e. The molecule has 4 heteroatoms. The molecule has 0 aromatic carbocycles. The van der Waals surface area contributed by atoms with Gasteiger partial charge in [0, 0.05) is 12.1 Å². The van der Waals surface area contributed by atoms with E-state index < -0.39 is 0 Å². The van der Waals surface area contributed by atoms with E-state index in [-0.39, 0.29) is 5.54 Å². The van der Waals surface area contributed by atoms with E-state index in [2.05, 4.69) is 22.2 Å². The van der Waals surface area contributed by atoms with Gasteiger partial charge in [-0.15, -0.1) is 11.6 Å². The van der Waals surface area contributed by atoms with Crippen molar-refractivity contribution in [3.05, 3.63) is 17.6 Å². The van der Waals surface area contributed by atoms with Gasteiger partial charge in [0.1, 0.15) is 5.82 Å². The van der Waals surface area contributed by atoms with Crippen LogP contribution >= 0.6 is 11.6 Å². The van der Waals surface area contributed by atoms with Gasteiger partial charge in [-0.25, -0.2) is 4.98 Å². The zero-order valence-corrected chi connectivity index (χ0v) is 12.2. The minimum atomic E-state index is -0.00748. The number of halogens is 1.